The molecule has 0 aliphatic rings. The highest BCUT2D eigenvalue weighted by Crippen LogP contribution is 2.26. The summed E-state index contributed by atoms with van der Waals surface area (Å²) in [4.78, 5) is 3.21. The molecule has 1 heterocycles. The summed E-state index contributed by atoms with van der Waals surface area (Å²) in [6.45, 7) is 0.719. The fourth-order valence-corrected chi connectivity index (χ4v) is 2.51. The van der Waals surface area contributed by atoms with E-state index in [4.69, 9.17) is 23.2 Å². The van der Waals surface area contributed by atoms with E-state index in [0.29, 0.717) is 10.0 Å². The minimum absolute atomic E-state index is 0.633. The van der Waals surface area contributed by atoms with Crippen molar-refractivity contribution in [3.63, 3.8) is 0 Å². The molecule has 0 aliphatic heterocycles. The molecule has 0 radical (unpaired) electrons. The summed E-state index contributed by atoms with van der Waals surface area (Å²) in [6.07, 6.45) is 1.94. The minimum Gasteiger partial charge on any atom is -0.380 e. The Bertz CT molecular complexity index is 719. The Labute approximate surface area is 121 Å². The Kier molecular flexibility index (Phi) is 3.36. The van der Waals surface area contributed by atoms with Crippen LogP contribution in [0.15, 0.2) is 48.7 Å². The number of fused-ring (bicyclic) bond motifs is 1. The molecule has 0 fully saturated rings. The van der Waals surface area contributed by atoms with Crippen LogP contribution in [0.2, 0.25) is 10.0 Å². The number of hydrogen-bond acceptors (Lipinski definition) is 1. The number of halogens is 2. The number of nitrogens with one attached hydrogen (secondary N) is 2. The highest BCUT2D eigenvalue weighted by Gasteiger charge is 2.02. The normalized spacial score (nSPS) is 10.8. The van der Waals surface area contributed by atoms with Gasteiger partial charge >= 0.3 is 0 Å². The van der Waals surface area contributed by atoms with E-state index < -0.39 is 0 Å². The van der Waals surface area contributed by atoms with Gasteiger partial charge in [-0.2, -0.15) is 0 Å². The topological polar surface area (TPSA) is 27.8 Å². The van der Waals surface area contributed by atoms with Crippen LogP contribution in [0.4, 0.5) is 5.69 Å². The summed E-state index contributed by atoms with van der Waals surface area (Å²) in [5.74, 6) is 0. The van der Waals surface area contributed by atoms with Gasteiger partial charge in [0.25, 0.3) is 0 Å². The molecule has 1 aromatic heterocycles. The molecule has 0 atom stereocenters. The molecule has 0 amide bonds. The summed E-state index contributed by atoms with van der Waals surface area (Å²) >= 11 is 12.0. The number of anilines is 1. The number of aromatic amines is 1. The predicted molar refractivity (Wildman–Crippen MR) is 82.1 cm³/mol. The first-order valence-electron chi connectivity index (χ1n) is 5.97. The highest BCUT2D eigenvalue weighted by molar-refractivity contribution is 6.36. The van der Waals surface area contributed by atoms with Crippen molar-refractivity contribution in [3.05, 3.63) is 64.3 Å². The zero-order valence-electron chi connectivity index (χ0n) is 10.1. The van der Waals surface area contributed by atoms with E-state index >= 15 is 0 Å². The van der Waals surface area contributed by atoms with Gasteiger partial charge in [-0.25, -0.2) is 0 Å². The first-order valence-corrected chi connectivity index (χ1v) is 6.73. The monoisotopic (exact) mass is 290 g/mol. The van der Waals surface area contributed by atoms with Crippen LogP contribution >= 0.6 is 23.2 Å². The maximum atomic E-state index is 6.12. The van der Waals surface area contributed by atoms with Gasteiger partial charge < -0.3 is 10.3 Å². The lowest BCUT2D eigenvalue weighted by molar-refractivity contribution is 1.15. The number of hydrogen-bond donors (Lipinski definition) is 2. The van der Waals surface area contributed by atoms with Crippen molar-refractivity contribution in [3.8, 4) is 0 Å². The third-order valence-corrected chi connectivity index (χ3v) is 3.58. The third-order valence-electron chi connectivity index (χ3n) is 3.03. The average molecular weight is 291 g/mol. The van der Waals surface area contributed by atoms with Crippen molar-refractivity contribution in [1.82, 2.24) is 4.98 Å². The van der Waals surface area contributed by atoms with Gasteiger partial charge in [-0.3, -0.25) is 0 Å². The third kappa shape index (κ3) is 2.70. The minimum atomic E-state index is 0.633. The Morgan fingerprint density at radius 1 is 1.00 bits per heavy atom. The van der Waals surface area contributed by atoms with E-state index in [9.17, 15) is 0 Å². The van der Waals surface area contributed by atoms with Crippen LogP contribution in [0.3, 0.4) is 0 Å². The number of rotatable bonds is 3. The van der Waals surface area contributed by atoms with Gasteiger partial charge in [-0.05, 0) is 41.3 Å². The lowest BCUT2D eigenvalue weighted by Crippen LogP contribution is -1.99. The summed E-state index contributed by atoms with van der Waals surface area (Å²) in [5, 5.41) is 5.80. The fraction of sp³-hybridized carbons (Fsp3) is 0.0667. The van der Waals surface area contributed by atoms with Crippen LogP contribution < -0.4 is 5.32 Å². The molecule has 0 bridgehead atoms. The van der Waals surface area contributed by atoms with E-state index in [2.05, 4.69) is 34.6 Å². The largest absolute Gasteiger partial charge is 0.380 e. The van der Waals surface area contributed by atoms with Gasteiger partial charge in [-0.15, -0.1) is 0 Å². The quantitative estimate of drug-likeness (QED) is 0.691. The SMILES string of the molecule is Clc1ccc(NCc2ccc3cc[nH]c3c2)c(Cl)c1. The molecule has 0 spiro atoms. The Morgan fingerprint density at radius 2 is 1.89 bits per heavy atom. The van der Waals surface area contributed by atoms with E-state index in [1.165, 1.54) is 10.9 Å². The summed E-state index contributed by atoms with van der Waals surface area (Å²) in [6, 6.07) is 13.8. The lowest BCUT2D eigenvalue weighted by atomic mass is 10.1. The van der Waals surface area contributed by atoms with Crippen molar-refractivity contribution < 1.29 is 0 Å². The maximum Gasteiger partial charge on any atom is 0.0652 e. The molecular formula is C15H12Cl2N2. The second-order valence-electron chi connectivity index (χ2n) is 4.38. The molecule has 0 unspecified atom stereocenters. The molecule has 0 saturated heterocycles. The van der Waals surface area contributed by atoms with Crippen molar-refractivity contribution >= 4 is 39.8 Å². The maximum absolute atomic E-state index is 6.12. The smallest absolute Gasteiger partial charge is 0.0652 e. The molecule has 2 N–H and O–H groups in total. The van der Waals surface area contributed by atoms with Crippen LogP contribution in [0.1, 0.15) is 5.56 Å². The van der Waals surface area contributed by atoms with Crippen LogP contribution in [0.25, 0.3) is 10.9 Å². The Morgan fingerprint density at radius 3 is 2.74 bits per heavy atom. The van der Waals surface area contributed by atoms with E-state index in [-0.39, 0.29) is 0 Å². The van der Waals surface area contributed by atoms with Crippen LogP contribution in [-0.2, 0) is 6.54 Å². The first kappa shape index (κ1) is 12.4. The number of aromatic nitrogens is 1. The highest BCUT2D eigenvalue weighted by atomic mass is 35.5. The molecular weight excluding hydrogens is 279 g/mol. The summed E-state index contributed by atoms with van der Waals surface area (Å²) < 4.78 is 0. The second-order valence-corrected chi connectivity index (χ2v) is 5.22. The van der Waals surface area contributed by atoms with Gasteiger partial charge in [0.15, 0.2) is 0 Å². The summed E-state index contributed by atoms with van der Waals surface area (Å²) in [5.41, 5.74) is 3.22. The Hall–Kier alpha value is -1.64. The number of benzene rings is 2. The van der Waals surface area contributed by atoms with Gasteiger partial charge in [0.1, 0.15) is 0 Å². The van der Waals surface area contributed by atoms with E-state index in [0.717, 1.165) is 17.7 Å². The van der Waals surface area contributed by atoms with Gasteiger partial charge in [0.2, 0.25) is 0 Å². The average Bonchev–Trinajstić information content (AvgIpc) is 2.85. The van der Waals surface area contributed by atoms with Crippen molar-refractivity contribution in [2.24, 2.45) is 0 Å². The molecule has 19 heavy (non-hydrogen) atoms. The van der Waals surface area contributed by atoms with E-state index in [1.54, 1.807) is 6.07 Å². The molecule has 2 aromatic carbocycles. The molecule has 2 nitrogen and oxygen atoms in total. The molecule has 3 rings (SSSR count). The molecule has 3 aromatic rings. The van der Waals surface area contributed by atoms with Gasteiger partial charge in [-0.1, -0.05) is 35.3 Å². The lowest BCUT2D eigenvalue weighted by Gasteiger charge is -2.09. The molecule has 96 valence electrons. The number of H-pyrrole nitrogens is 1. The Balaban J connectivity index is 1.77. The van der Waals surface area contributed by atoms with Gasteiger partial charge in [0.05, 0.1) is 10.7 Å². The zero-order valence-corrected chi connectivity index (χ0v) is 11.6. The van der Waals surface area contributed by atoms with Gasteiger partial charge in [0, 0.05) is 23.3 Å². The molecule has 0 aliphatic carbocycles. The van der Waals surface area contributed by atoms with Crippen molar-refractivity contribution in [2.45, 2.75) is 6.54 Å². The molecule has 4 heteroatoms. The predicted octanol–water partition coefficient (Wildman–Crippen LogP) is 5.09. The van der Waals surface area contributed by atoms with Crippen molar-refractivity contribution in [2.75, 3.05) is 5.32 Å². The van der Waals surface area contributed by atoms with Crippen LogP contribution in [-0.4, -0.2) is 4.98 Å². The van der Waals surface area contributed by atoms with Crippen LogP contribution in [0, 0.1) is 0 Å². The fourth-order valence-electron chi connectivity index (χ4n) is 2.04. The standard InChI is InChI=1S/C15H12Cl2N2/c16-12-3-4-14(13(17)8-12)19-9-10-1-2-11-5-6-18-15(11)7-10/h1-8,18-19H,9H2. The molecule has 0 saturated carbocycles. The first-order chi connectivity index (χ1) is 9.22. The van der Waals surface area contributed by atoms with E-state index in [1.807, 2.05) is 18.3 Å². The van der Waals surface area contributed by atoms with Crippen LogP contribution in [0.5, 0.6) is 0 Å². The van der Waals surface area contributed by atoms with Crippen molar-refractivity contribution in [1.29, 1.82) is 0 Å². The summed E-state index contributed by atoms with van der Waals surface area (Å²) in [7, 11) is 0. The second kappa shape index (κ2) is 5.16. The zero-order chi connectivity index (χ0) is 13.2.